The number of hydrogen-bond donors (Lipinski definition) is 1. The molecule has 7 nitrogen and oxygen atoms in total. The highest BCUT2D eigenvalue weighted by Gasteiger charge is 2.53. The van der Waals surface area contributed by atoms with Gasteiger partial charge in [-0.3, -0.25) is 14.9 Å². The van der Waals surface area contributed by atoms with Crippen LogP contribution in [0.2, 0.25) is 0 Å². The molecule has 0 saturated heterocycles. The second kappa shape index (κ2) is 6.41. The summed E-state index contributed by atoms with van der Waals surface area (Å²) in [5, 5.41) is 21.4. The van der Waals surface area contributed by atoms with Gasteiger partial charge in [-0.2, -0.15) is 0 Å². The minimum absolute atomic E-state index is 0.299. The maximum absolute atomic E-state index is 11.8. The Kier molecular flexibility index (Phi) is 4.34. The lowest BCUT2D eigenvalue weighted by atomic mass is 10.2. The zero-order chi connectivity index (χ0) is 15.5. The minimum atomic E-state index is -0.750. The Labute approximate surface area is 134 Å². The standard InChI is InChI=1S/C13H12N4O3S2/c18-11(9-6-10(9)17(19)20)14-12-15-16-13(22-12)21-7-8-4-2-1-3-5-8/h1-5,9-10H,6-7H2,(H,14,15,18). The average molecular weight is 336 g/mol. The Balaban J connectivity index is 1.51. The number of nitro groups is 1. The summed E-state index contributed by atoms with van der Waals surface area (Å²) in [5.41, 5.74) is 1.18. The van der Waals surface area contributed by atoms with Gasteiger partial charge in [0.15, 0.2) is 4.34 Å². The fourth-order valence-electron chi connectivity index (χ4n) is 1.93. The van der Waals surface area contributed by atoms with E-state index in [1.54, 1.807) is 0 Å². The Morgan fingerprint density at radius 1 is 1.41 bits per heavy atom. The van der Waals surface area contributed by atoms with Crippen LogP contribution in [-0.2, 0) is 10.5 Å². The SMILES string of the molecule is O=C(Nc1nnc(SCc2ccccc2)s1)C1CC1[N+](=O)[O-]. The van der Waals surface area contributed by atoms with E-state index < -0.39 is 16.9 Å². The molecule has 1 N–H and O–H groups in total. The highest BCUT2D eigenvalue weighted by Crippen LogP contribution is 2.35. The lowest BCUT2D eigenvalue weighted by molar-refractivity contribution is -0.497. The molecule has 2 atom stereocenters. The summed E-state index contributed by atoms with van der Waals surface area (Å²) in [5.74, 6) is -0.119. The second-order valence-corrected chi connectivity index (χ2v) is 7.03. The summed E-state index contributed by atoms with van der Waals surface area (Å²) < 4.78 is 0.751. The highest BCUT2D eigenvalue weighted by atomic mass is 32.2. The van der Waals surface area contributed by atoms with Crippen LogP contribution in [0.15, 0.2) is 34.7 Å². The fraction of sp³-hybridized carbons (Fsp3) is 0.308. The number of anilines is 1. The number of nitrogens with zero attached hydrogens (tertiary/aromatic N) is 3. The maximum Gasteiger partial charge on any atom is 0.236 e. The Hall–Kier alpha value is -2.00. The van der Waals surface area contributed by atoms with Gasteiger partial charge in [-0.1, -0.05) is 53.4 Å². The molecule has 0 radical (unpaired) electrons. The third-order valence-corrected chi connectivity index (χ3v) is 5.25. The van der Waals surface area contributed by atoms with Gasteiger partial charge in [-0.15, -0.1) is 10.2 Å². The van der Waals surface area contributed by atoms with Crippen LogP contribution >= 0.6 is 23.1 Å². The molecule has 2 unspecified atom stereocenters. The van der Waals surface area contributed by atoms with Gasteiger partial charge in [0.05, 0.1) is 0 Å². The number of hydrogen-bond acceptors (Lipinski definition) is 7. The van der Waals surface area contributed by atoms with Crippen LogP contribution in [0.4, 0.5) is 5.13 Å². The summed E-state index contributed by atoms with van der Waals surface area (Å²) in [4.78, 5) is 21.9. The van der Waals surface area contributed by atoms with Gasteiger partial charge in [-0.05, 0) is 5.56 Å². The highest BCUT2D eigenvalue weighted by molar-refractivity contribution is 8.00. The van der Waals surface area contributed by atoms with Crippen LogP contribution in [0, 0.1) is 16.0 Å². The summed E-state index contributed by atoms with van der Waals surface area (Å²) in [6.45, 7) is 0. The summed E-state index contributed by atoms with van der Waals surface area (Å²) in [7, 11) is 0. The zero-order valence-corrected chi connectivity index (χ0v) is 13.0. The maximum atomic E-state index is 11.8. The van der Waals surface area contributed by atoms with Crippen molar-refractivity contribution in [1.29, 1.82) is 0 Å². The molecule has 1 saturated carbocycles. The molecule has 0 bridgehead atoms. The average Bonchev–Trinajstić information content (AvgIpc) is 3.21. The van der Waals surface area contributed by atoms with Crippen molar-refractivity contribution in [1.82, 2.24) is 10.2 Å². The summed E-state index contributed by atoms with van der Waals surface area (Å²) in [6, 6.07) is 9.22. The van der Waals surface area contributed by atoms with Crippen molar-refractivity contribution in [3.63, 3.8) is 0 Å². The molecule has 2 aromatic rings. The van der Waals surface area contributed by atoms with Crippen molar-refractivity contribution in [2.75, 3.05) is 5.32 Å². The van der Waals surface area contributed by atoms with Crippen molar-refractivity contribution in [3.8, 4) is 0 Å². The summed E-state index contributed by atoms with van der Waals surface area (Å²) in [6.07, 6.45) is 0.299. The summed E-state index contributed by atoms with van der Waals surface area (Å²) >= 11 is 2.81. The van der Waals surface area contributed by atoms with Crippen molar-refractivity contribution >= 4 is 34.1 Å². The first-order valence-corrected chi connectivity index (χ1v) is 8.38. The molecule has 1 heterocycles. The second-order valence-electron chi connectivity index (χ2n) is 4.83. The molecule has 0 spiro atoms. The van der Waals surface area contributed by atoms with E-state index in [9.17, 15) is 14.9 Å². The first-order valence-electron chi connectivity index (χ1n) is 6.58. The Morgan fingerprint density at radius 2 is 2.18 bits per heavy atom. The topological polar surface area (TPSA) is 98.0 Å². The van der Waals surface area contributed by atoms with Gasteiger partial charge in [0, 0.05) is 17.1 Å². The van der Waals surface area contributed by atoms with E-state index in [1.807, 2.05) is 30.3 Å². The van der Waals surface area contributed by atoms with Crippen molar-refractivity contribution in [2.45, 2.75) is 22.6 Å². The molecule has 3 rings (SSSR count). The number of aromatic nitrogens is 2. The van der Waals surface area contributed by atoms with Crippen LogP contribution in [-0.4, -0.2) is 27.1 Å². The van der Waals surface area contributed by atoms with E-state index >= 15 is 0 Å². The number of thioether (sulfide) groups is 1. The molecule has 1 aliphatic carbocycles. The van der Waals surface area contributed by atoms with E-state index in [2.05, 4.69) is 15.5 Å². The molecule has 0 aliphatic heterocycles. The minimum Gasteiger partial charge on any atom is -0.300 e. The molecular weight excluding hydrogens is 324 g/mol. The largest absolute Gasteiger partial charge is 0.300 e. The number of rotatable bonds is 6. The van der Waals surface area contributed by atoms with E-state index in [0.29, 0.717) is 11.6 Å². The first kappa shape index (κ1) is 14.9. The van der Waals surface area contributed by atoms with Crippen molar-refractivity contribution in [2.24, 2.45) is 5.92 Å². The van der Waals surface area contributed by atoms with Crippen LogP contribution in [0.25, 0.3) is 0 Å². The smallest absolute Gasteiger partial charge is 0.236 e. The molecular formula is C13H12N4O3S2. The molecule has 1 amide bonds. The van der Waals surface area contributed by atoms with Gasteiger partial charge in [0.2, 0.25) is 17.1 Å². The molecule has 22 heavy (non-hydrogen) atoms. The Morgan fingerprint density at radius 3 is 2.86 bits per heavy atom. The lowest BCUT2D eigenvalue weighted by Gasteiger charge is -1.97. The fourth-order valence-corrected chi connectivity index (χ4v) is 3.64. The number of carbonyl (C=O) groups excluding carboxylic acids is 1. The number of carbonyl (C=O) groups is 1. The van der Waals surface area contributed by atoms with Crippen LogP contribution in [0.1, 0.15) is 12.0 Å². The predicted molar refractivity (Wildman–Crippen MR) is 83.4 cm³/mol. The molecule has 114 valence electrons. The van der Waals surface area contributed by atoms with Gasteiger partial charge in [0.1, 0.15) is 5.92 Å². The third-order valence-electron chi connectivity index (χ3n) is 3.21. The molecule has 1 fully saturated rings. The van der Waals surface area contributed by atoms with Crippen molar-refractivity contribution < 1.29 is 9.72 Å². The lowest BCUT2D eigenvalue weighted by Crippen LogP contribution is -2.18. The van der Waals surface area contributed by atoms with Crippen molar-refractivity contribution in [3.05, 3.63) is 46.0 Å². The Bertz CT molecular complexity index is 692. The van der Waals surface area contributed by atoms with Gasteiger partial charge < -0.3 is 5.32 Å². The van der Waals surface area contributed by atoms with Crippen LogP contribution in [0.5, 0.6) is 0 Å². The van der Waals surface area contributed by atoms with E-state index in [-0.39, 0.29) is 5.91 Å². The van der Waals surface area contributed by atoms with Crippen LogP contribution < -0.4 is 5.32 Å². The van der Waals surface area contributed by atoms with Gasteiger partial charge >= 0.3 is 0 Å². The quantitative estimate of drug-likeness (QED) is 0.376. The monoisotopic (exact) mass is 336 g/mol. The third kappa shape index (κ3) is 3.60. The molecule has 9 heteroatoms. The molecule has 1 aromatic heterocycles. The van der Waals surface area contributed by atoms with Crippen LogP contribution in [0.3, 0.4) is 0 Å². The van der Waals surface area contributed by atoms with Gasteiger partial charge in [-0.25, -0.2) is 0 Å². The van der Waals surface area contributed by atoms with E-state index in [0.717, 1.165) is 10.1 Å². The van der Waals surface area contributed by atoms with E-state index in [4.69, 9.17) is 0 Å². The number of amides is 1. The number of nitrogens with one attached hydrogen (secondary N) is 1. The molecule has 1 aromatic carbocycles. The first-order chi connectivity index (χ1) is 10.6. The van der Waals surface area contributed by atoms with E-state index in [1.165, 1.54) is 28.7 Å². The zero-order valence-electron chi connectivity index (χ0n) is 11.3. The normalized spacial score (nSPS) is 19.6. The number of benzene rings is 1. The van der Waals surface area contributed by atoms with Gasteiger partial charge in [0.25, 0.3) is 0 Å². The molecule has 1 aliphatic rings. The predicted octanol–water partition coefficient (Wildman–Crippen LogP) is 2.43.